The summed E-state index contributed by atoms with van der Waals surface area (Å²) < 4.78 is 50.5. The Morgan fingerprint density at radius 2 is 1.94 bits per heavy atom. The molecule has 5 nitrogen and oxygen atoms in total. The zero-order chi connectivity index (χ0) is 22.6. The molecule has 1 aliphatic carbocycles. The molecule has 31 heavy (non-hydrogen) atoms. The van der Waals surface area contributed by atoms with Gasteiger partial charge in [-0.05, 0) is 44.6 Å². The van der Waals surface area contributed by atoms with Crippen LogP contribution in [0.1, 0.15) is 61.4 Å². The molecule has 2 fully saturated rings. The molecule has 0 bridgehead atoms. The number of rotatable bonds is 6. The molecule has 0 spiro atoms. The number of halogens is 3. The molecule has 1 amide bonds. The maximum Gasteiger partial charge on any atom is 0.416 e. The lowest BCUT2D eigenvalue weighted by atomic mass is 9.82. The van der Waals surface area contributed by atoms with Crippen LogP contribution in [0.3, 0.4) is 0 Å². The van der Waals surface area contributed by atoms with Gasteiger partial charge in [0.15, 0.2) is 0 Å². The molecule has 2 aliphatic rings. The molecule has 1 aromatic rings. The average Bonchev–Trinajstić information content (AvgIpc) is 2.73. The van der Waals surface area contributed by atoms with Gasteiger partial charge in [0, 0.05) is 23.1 Å². The Hall–Kier alpha value is -1.45. The van der Waals surface area contributed by atoms with Crippen LogP contribution < -0.4 is 15.4 Å². The van der Waals surface area contributed by atoms with Crippen molar-refractivity contribution in [2.24, 2.45) is 0 Å². The third-order valence-electron chi connectivity index (χ3n) is 6.22. The van der Waals surface area contributed by atoms with Gasteiger partial charge in [-0.3, -0.25) is 4.79 Å². The molecule has 1 aromatic carbocycles. The third-order valence-corrected chi connectivity index (χ3v) is 6.99. The Bertz CT molecular complexity index is 757. The van der Waals surface area contributed by atoms with Crippen molar-refractivity contribution in [2.75, 3.05) is 26.6 Å². The molecule has 0 aromatic heterocycles. The van der Waals surface area contributed by atoms with E-state index in [2.05, 4.69) is 17.6 Å². The smallest absolute Gasteiger partial charge is 0.416 e. The van der Waals surface area contributed by atoms with Crippen LogP contribution in [-0.2, 0) is 10.9 Å². The minimum atomic E-state index is -4.52. The second kappa shape index (κ2) is 10.0. The van der Waals surface area contributed by atoms with Gasteiger partial charge in [0.25, 0.3) is 5.91 Å². The summed E-state index contributed by atoms with van der Waals surface area (Å²) in [6, 6.07) is 1.64. The van der Waals surface area contributed by atoms with Crippen LogP contribution in [0.4, 0.5) is 13.2 Å². The van der Waals surface area contributed by atoms with E-state index in [9.17, 15) is 18.0 Å². The standard InChI is InChI=1S/C22H31F3N2O3S/c1-21(8-5-4-6-9-21)27-15-7-10-30-13-16(15)26-20(28)19-17(29-2)11-14(22(23,24)25)12-18(19)31-3/h11-12,15-16,27H,4-10,13H2,1-3H3,(H,26,28)/t15-,16-/m1/s1. The number of ether oxygens (including phenoxy) is 2. The molecule has 0 radical (unpaired) electrons. The lowest BCUT2D eigenvalue weighted by Gasteiger charge is -2.42. The van der Waals surface area contributed by atoms with E-state index in [1.165, 1.54) is 26.4 Å². The predicted molar refractivity (Wildman–Crippen MR) is 115 cm³/mol. The zero-order valence-electron chi connectivity index (χ0n) is 18.2. The van der Waals surface area contributed by atoms with Gasteiger partial charge in [-0.15, -0.1) is 11.8 Å². The first-order valence-electron chi connectivity index (χ1n) is 10.7. The SMILES string of the molecule is COc1cc(C(F)(F)F)cc(SC)c1C(=O)N[C@@H]1COCC[C@H]1NC1(C)CCCCC1. The van der Waals surface area contributed by atoms with Crippen LogP contribution in [0.2, 0.25) is 0 Å². The Balaban J connectivity index is 1.81. The summed E-state index contributed by atoms with van der Waals surface area (Å²) in [5, 5.41) is 6.75. The monoisotopic (exact) mass is 460 g/mol. The lowest BCUT2D eigenvalue weighted by molar-refractivity contribution is -0.137. The number of nitrogens with one attached hydrogen (secondary N) is 2. The Morgan fingerprint density at radius 1 is 1.23 bits per heavy atom. The van der Waals surface area contributed by atoms with E-state index in [0.29, 0.717) is 13.2 Å². The van der Waals surface area contributed by atoms with Gasteiger partial charge in [0.1, 0.15) is 5.75 Å². The van der Waals surface area contributed by atoms with Crippen molar-refractivity contribution in [3.63, 3.8) is 0 Å². The number of hydrogen-bond donors (Lipinski definition) is 2. The second-order valence-corrected chi connectivity index (χ2v) is 9.42. The molecule has 1 saturated carbocycles. The number of hydrogen-bond acceptors (Lipinski definition) is 5. The van der Waals surface area contributed by atoms with Crippen molar-refractivity contribution in [1.29, 1.82) is 0 Å². The van der Waals surface area contributed by atoms with Gasteiger partial charge in [0.05, 0.1) is 30.9 Å². The van der Waals surface area contributed by atoms with Crippen molar-refractivity contribution in [2.45, 2.75) is 74.1 Å². The largest absolute Gasteiger partial charge is 0.496 e. The molecule has 9 heteroatoms. The Labute approximate surface area is 185 Å². The summed E-state index contributed by atoms with van der Waals surface area (Å²) in [6.45, 7) is 3.20. The number of carbonyl (C=O) groups excluding carboxylic acids is 1. The highest BCUT2D eigenvalue weighted by atomic mass is 32.2. The number of benzene rings is 1. The van der Waals surface area contributed by atoms with Crippen molar-refractivity contribution in [1.82, 2.24) is 10.6 Å². The number of alkyl halides is 3. The van der Waals surface area contributed by atoms with Crippen molar-refractivity contribution >= 4 is 17.7 Å². The first kappa shape index (κ1) is 24.2. The molecule has 2 N–H and O–H groups in total. The first-order chi connectivity index (χ1) is 14.7. The van der Waals surface area contributed by atoms with Crippen molar-refractivity contribution in [3.05, 3.63) is 23.3 Å². The molecule has 3 rings (SSSR count). The highest BCUT2D eigenvalue weighted by molar-refractivity contribution is 7.98. The summed E-state index contributed by atoms with van der Waals surface area (Å²) in [5.74, 6) is -0.539. The normalized spacial score (nSPS) is 23.9. The van der Waals surface area contributed by atoms with Gasteiger partial charge in [-0.1, -0.05) is 19.3 Å². The molecule has 1 heterocycles. The van der Waals surface area contributed by atoms with Crippen LogP contribution in [0.5, 0.6) is 5.75 Å². The van der Waals surface area contributed by atoms with Crippen LogP contribution in [-0.4, -0.2) is 50.1 Å². The van der Waals surface area contributed by atoms with E-state index in [0.717, 1.165) is 43.2 Å². The first-order valence-corrected chi connectivity index (χ1v) is 11.9. The summed E-state index contributed by atoms with van der Waals surface area (Å²) >= 11 is 1.09. The minimum absolute atomic E-state index is 0.0275. The molecule has 1 saturated heterocycles. The van der Waals surface area contributed by atoms with Gasteiger partial charge in [-0.2, -0.15) is 13.2 Å². The fourth-order valence-corrected chi connectivity index (χ4v) is 5.16. The molecule has 2 atom stereocenters. The molecule has 174 valence electrons. The van der Waals surface area contributed by atoms with E-state index in [1.807, 2.05) is 0 Å². The van der Waals surface area contributed by atoms with Crippen molar-refractivity contribution < 1.29 is 27.4 Å². The van der Waals surface area contributed by atoms with E-state index in [-0.39, 0.29) is 33.8 Å². The molecular formula is C22H31F3N2O3S. The zero-order valence-corrected chi connectivity index (χ0v) is 19.0. The Morgan fingerprint density at radius 3 is 2.55 bits per heavy atom. The Kier molecular flexibility index (Phi) is 7.81. The molecular weight excluding hydrogens is 429 g/mol. The number of methoxy groups -OCH3 is 1. The summed E-state index contributed by atoms with van der Waals surface area (Å²) in [7, 11) is 1.27. The van der Waals surface area contributed by atoms with Crippen LogP contribution >= 0.6 is 11.8 Å². The predicted octanol–water partition coefficient (Wildman–Crippen LogP) is 4.64. The molecule has 1 aliphatic heterocycles. The topological polar surface area (TPSA) is 59.6 Å². The third kappa shape index (κ3) is 5.87. The van der Waals surface area contributed by atoms with Gasteiger partial charge in [-0.25, -0.2) is 0 Å². The van der Waals surface area contributed by atoms with Crippen LogP contribution in [0.25, 0.3) is 0 Å². The van der Waals surface area contributed by atoms with E-state index >= 15 is 0 Å². The van der Waals surface area contributed by atoms with Crippen molar-refractivity contribution in [3.8, 4) is 5.75 Å². The van der Waals surface area contributed by atoms with Crippen LogP contribution in [0.15, 0.2) is 17.0 Å². The second-order valence-electron chi connectivity index (χ2n) is 8.57. The highest BCUT2D eigenvalue weighted by Gasteiger charge is 2.37. The molecule has 0 unspecified atom stereocenters. The summed E-state index contributed by atoms with van der Waals surface area (Å²) in [4.78, 5) is 13.4. The maximum absolute atomic E-state index is 13.2. The number of amides is 1. The fraction of sp³-hybridized carbons (Fsp3) is 0.682. The fourth-order valence-electron chi connectivity index (χ4n) is 4.52. The maximum atomic E-state index is 13.2. The lowest BCUT2D eigenvalue weighted by Crippen LogP contribution is -2.61. The minimum Gasteiger partial charge on any atom is -0.496 e. The van der Waals surface area contributed by atoms with E-state index < -0.39 is 17.6 Å². The van der Waals surface area contributed by atoms with Gasteiger partial charge >= 0.3 is 6.18 Å². The number of carbonyl (C=O) groups is 1. The van der Waals surface area contributed by atoms with E-state index in [1.54, 1.807) is 6.26 Å². The van der Waals surface area contributed by atoms with Gasteiger partial charge in [0.2, 0.25) is 0 Å². The van der Waals surface area contributed by atoms with E-state index in [4.69, 9.17) is 9.47 Å². The summed E-state index contributed by atoms with van der Waals surface area (Å²) in [6.07, 6.45) is 3.69. The van der Waals surface area contributed by atoms with Crippen LogP contribution in [0, 0.1) is 0 Å². The summed E-state index contributed by atoms with van der Waals surface area (Å²) in [5.41, 5.74) is -0.688. The quantitative estimate of drug-likeness (QED) is 0.606. The average molecular weight is 461 g/mol. The highest BCUT2D eigenvalue weighted by Crippen LogP contribution is 2.38. The van der Waals surface area contributed by atoms with Gasteiger partial charge < -0.3 is 20.1 Å². The number of thioether (sulfide) groups is 1.